The molecule has 2 N–H and O–H groups in total. The van der Waals surface area contributed by atoms with Crippen molar-refractivity contribution in [3.63, 3.8) is 0 Å². The average molecular weight is 469 g/mol. The summed E-state index contributed by atoms with van der Waals surface area (Å²) in [5.74, 6) is 2.37. The lowest BCUT2D eigenvalue weighted by Gasteiger charge is -2.35. The Morgan fingerprint density at radius 2 is 1.85 bits per heavy atom. The van der Waals surface area contributed by atoms with Crippen molar-refractivity contribution in [2.24, 2.45) is 10.7 Å². The molecule has 0 radical (unpaired) electrons. The van der Waals surface area contributed by atoms with Crippen molar-refractivity contribution in [2.45, 2.75) is 32.2 Å². The first-order valence-electron chi connectivity index (χ1n) is 8.84. The zero-order valence-electron chi connectivity index (χ0n) is 14.7. The highest BCUT2D eigenvalue weighted by molar-refractivity contribution is 14.0. The minimum absolute atomic E-state index is 0. The number of piperazine rings is 1. The Labute approximate surface area is 169 Å². The Kier molecular flexibility index (Phi) is 6.28. The van der Waals surface area contributed by atoms with E-state index < -0.39 is 0 Å². The van der Waals surface area contributed by atoms with Crippen LogP contribution in [0, 0.1) is 0 Å². The van der Waals surface area contributed by atoms with E-state index in [2.05, 4.69) is 29.9 Å². The molecule has 2 aliphatic rings. The Bertz CT molecular complexity index is 741. The molecule has 1 aliphatic carbocycles. The fraction of sp³-hybridized carbons (Fsp3) is 0.529. The van der Waals surface area contributed by atoms with E-state index in [0.29, 0.717) is 12.5 Å². The average Bonchev–Trinajstić information content (AvgIpc) is 3.10. The fourth-order valence-corrected chi connectivity index (χ4v) is 3.42. The largest absolute Gasteiger partial charge is 0.370 e. The van der Waals surface area contributed by atoms with Crippen LogP contribution in [0.2, 0.25) is 0 Å². The van der Waals surface area contributed by atoms with E-state index in [1.54, 1.807) is 12.4 Å². The second-order valence-corrected chi connectivity index (χ2v) is 6.44. The third-order valence-corrected chi connectivity index (χ3v) is 4.86. The van der Waals surface area contributed by atoms with Crippen LogP contribution in [0.25, 0.3) is 0 Å². The van der Waals surface area contributed by atoms with Gasteiger partial charge in [0.05, 0.1) is 6.54 Å². The molecule has 0 atom stereocenters. The van der Waals surface area contributed by atoms with Crippen molar-refractivity contribution >= 4 is 35.9 Å². The molecule has 0 spiro atoms. The van der Waals surface area contributed by atoms with Gasteiger partial charge in [0.25, 0.3) is 0 Å². The number of hydrogen-bond donors (Lipinski definition) is 1. The molecule has 0 aromatic carbocycles. The zero-order chi connectivity index (χ0) is 17.1. The fourth-order valence-electron chi connectivity index (χ4n) is 3.42. The van der Waals surface area contributed by atoms with Gasteiger partial charge in [-0.15, -0.1) is 24.0 Å². The maximum absolute atomic E-state index is 6.19. The number of nitrogens with two attached hydrogens (primary N) is 1. The smallest absolute Gasteiger partial charge is 0.225 e. The molecule has 0 saturated carbocycles. The molecule has 3 heterocycles. The maximum Gasteiger partial charge on any atom is 0.225 e. The predicted molar refractivity (Wildman–Crippen MR) is 110 cm³/mol. The minimum Gasteiger partial charge on any atom is -0.370 e. The van der Waals surface area contributed by atoms with E-state index in [1.807, 2.05) is 6.07 Å². The quantitative estimate of drug-likeness (QED) is 0.415. The summed E-state index contributed by atoms with van der Waals surface area (Å²) in [6.07, 6.45) is 7.95. The molecular weight excluding hydrogens is 445 g/mol. The van der Waals surface area contributed by atoms with Crippen LogP contribution >= 0.6 is 24.0 Å². The minimum atomic E-state index is 0. The summed E-state index contributed by atoms with van der Waals surface area (Å²) < 4.78 is 5.43. The van der Waals surface area contributed by atoms with E-state index in [1.165, 1.54) is 18.4 Å². The molecule has 2 aromatic heterocycles. The van der Waals surface area contributed by atoms with E-state index >= 15 is 0 Å². The molecule has 0 unspecified atom stereocenters. The third kappa shape index (κ3) is 4.08. The van der Waals surface area contributed by atoms with Gasteiger partial charge in [-0.25, -0.2) is 15.0 Å². The van der Waals surface area contributed by atoms with E-state index in [0.717, 1.165) is 56.4 Å². The third-order valence-electron chi connectivity index (χ3n) is 4.86. The molecule has 0 amide bonds. The van der Waals surface area contributed by atoms with E-state index in [9.17, 15) is 0 Å². The number of nitrogens with zero attached hydrogens (tertiary/aromatic N) is 6. The predicted octanol–water partition coefficient (Wildman–Crippen LogP) is 1.60. The summed E-state index contributed by atoms with van der Waals surface area (Å²) in [7, 11) is 0. The zero-order valence-corrected chi connectivity index (χ0v) is 17.0. The van der Waals surface area contributed by atoms with Crippen LogP contribution < -0.4 is 10.6 Å². The number of guanidine groups is 1. The number of hydrogen-bond acceptors (Lipinski definition) is 6. The molecule has 0 bridgehead atoms. The van der Waals surface area contributed by atoms with Crippen LogP contribution in [0.1, 0.15) is 29.9 Å². The van der Waals surface area contributed by atoms with Gasteiger partial charge in [0.1, 0.15) is 11.5 Å². The van der Waals surface area contributed by atoms with Crippen molar-refractivity contribution < 1.29 is 4.52 Å². The molecule has 1 aliphatic heterocycles. The van der Waals surface area contributed by atoms with E-state index in [4.69, 9.17) is 10.3 Å². The standard InChI is InChI=1S/C17H23N7O.HI/c18-16(21-12-14-13-4-1-2-5-15(13)25-22-14)23-8-10-24(11-9-23)17-19-6-3-7-20-17;/h3,6-7H,1-2,4-5,8-12H2,(H2,18,21);1H. The normalized spacial score (nSPS) is 17.6. The first-order chi connectivity index (χ1) is 12.3. The van der Waals surface area contributed by atoms with Crippen LogP contribution in [0.15, 0.2) is 28.0 Å². The summed E-state index contributed by atoms with van der Waals surface area (Å²) in [5, 5.41) is 4.19. The number of anilines is 1. The maximum atomic E-state index is 6.19. The van der Waals surface area contributed by atoms with Crippen molar-refractivity contribution in [3.05, 3.63) is 35.5 Å². The topological polar surface area (TPSA) is 96.7 Å². The monoisotopic (exact) mass is 469 g/mol. The second-order valence-electron chi connectivity index (χ2n) is 6.44. The number of rotatable bonds is 3. The van der Waals surface area contributed by atoms with Gasteiger partial charge < -0.3 is 20.1 Å². The number of halogens is 1. The van der Waals surface area contributed by atoms with Gasteiger partial charge in [-0.1, -0.05) is 5.16 Å². The molecule has 140 valence electrons. The molecule has 1 fully saturated rings. The number of fused-ring (bicyclic) bond motifs is 1. The van der Waals surface area contributed by atoms with Crippen LogP contribution in [0.5, 0.6) is 0 Å². The molecule has 4 rings (SSSR count). The van der Waals surface area contributed by atoms with E-state index in [-0.39, 0.29) is 24.0 Å². The highest BCUT2D eigenvalue weighted by atomic mass is 127. The number of aryl methyl sites for hydroxylation is 1. The summed E-state index contributed by atoms with van der Waals surface area (Å²) in [6, 6.07) is 1.83. The lowest BCUT2D eigenvalue weighted by molar-refractivity contribution is 0.367. The van der Waals surface area contributed by atoms with Crippen molar-refractivity contribution in [1.82, 2.24) is 20.0 Å². The van der Waals surface area contributed by atoms with Gasteiger partial charge in [-0.05, 0) is 25.3 Å². The first kappa shape index (κ1) is 18.9. The van der Waals surface area contributed by atoms with Crippen LogP contribution in [0.4, 0.5) is 5.95 Å². The van der Waals surface area contributed by atoms with Gasteiger partial charge in [0.15, 0.2) is 5.96 Å². The van der Waals surface area contributed by atoms with Crippen molar-refractivity contribution in [3.8, 4) is 0 Å². The highest BCUT2D eigenvalue weighted by Crippen LogP contribution is 2.24. The second kappa shape index (κ2) is 8.65. The number of aromatic nitrogens is 3. The molecule has 1 saturated heterocycles. The van der Waals surface area contributed by atoms with Gasteiger partial charge in [-0.3, -0.25) is 0 Å². The molecule has 9 heteroatoms. The Morgan fingerprint density at radius 1 is 1.12 bits per heavy atom. The Hall–Kier alpha value is -1.91. The summed E-state index contributed by atoms with van der Waals surface area (Å²) in [5.41, 5.74) is 8.38. The molecule has 26 heavy (non-hydrogen) atoms. The molecular formula is C17H24IN7O. The Balaban J connectivity index is 0.00000196. The summed E-state index contributed by atoms with van der Waals surface area (Å²) in [6.45, 7) is 3.78. The summed E-state index contributed by atoms with van der Waals surface area (Å²) in [4.78, 5) is 17.4. The highest BCUT2D eigenvalue weighted by Gasteiger charge is 2.21. The lowest BCUT2D eigenvalue weighted by Crippen LogP contribution is -2.51. The SMILES string of the molecule is I.NC(=NCc1noc2c1CCCC2)N1CCN(c2ncccn2)CC1. The molecule has 8 nitrogen and oxygen atoms in total. The first-order valence-corrected chi connectivity index (χ1v) is 8.84. The lowest BCUT2D eigenvalue weighted by atomic mass is 9.96. The van der Waals surface area contributed by atoms with Crippen LogP contribution in [-0.2, 0) is 19.4 Å². The van der Waals surface area contributed by atoms with Crippen LogP contribution in [-0.4, -0.2) is 52.2 Å². The van der Waals surface area contributed by atoms with Crippen LogP contribution in [0.3, 0.4) is 0 Å². The van der Waals surface area contributed by atoms with Crippen molar-refractivity contribution in [2.75, 3.05) is 31.1 Å². The van der Waals surface area contributed by atoms with Gasteiger partial charge in [0, 0.05) is 50.6 Å². The Morgan fingerprint density at radius 3 is 2.62 bits per heavy atom. The van der Waals surface area contributed by atoms with Gasteiger partial charge in [0.2, 0.25) is 5.95 Å². The van der Waals surface area contributed by atoms with Crippen molar-refractivity contribution in [1.29, 1.82) is 0 Å². The summed E-state index contributed by atoms with van der Waals surface area (Å²) >= 11 is 0. The number of aliphatic imine (C=N–C) groups is 1. The molecule has 2 aromatic rings. The van der Waals surface area contributed by atoms with Gasteiger partial charge in [-0.2, -0.15) is 0 Å². The van der Waals surface area contributed by atoms with Gasteiger partial charge >= 0.3 is 0 Å².